The molecule has 25 heavy (non-hydrogen) atoms. The standard InChI is InChI=1S/C17H15N5O3/c23-16(18-11-15-7-4-8-25-15)17(24)21-19-9-13-10-20-22(12-13)14-5-2-1-3-6-14/h1-10,12H,11H2,(H,18,23)(H,21,24)/b19-9-. The van der Waals surface area contributed by atoms with Crippen LogP contribution in [0.15, 0.2) is 70.6 Å². The molecule has 0 spiro atoms. The Morgan fingerprint density at radius 3 is 2.76 bits per heavy atom. The Kier molecular flexibility index (Phi) is 5.01. The molecule has 2 aromatic heterocycles. The first kappa shape index (κ1) is 16.2. The topological polar surface area (TPSA) is 102 Å². The lowest BCUT2D eigenvalue weighted by Gasteiger charge is -2.01. The molecule has 126 valence electrons. The number of benzene rings is 1. The van der Waals surface area contributed by atoms with Gasteiger partial charge in [0.25, 0.3) is 0 Å². The summed E-state index contributed by atoms with van der Waals surface area (Å²) in [5, 5.41) is 10.4. The Morgan fingerprint density at radius 2 is 2.00 bits per heavy atom. The van der Waals surface area contributed by atoms with Crippen LogP contribution in [0.3, 0.4) is 0 Å². The van der Waals surface area contributed by atoms with E-state index < -0.39 is 11.8 Å². The molecule has 0 saturated heterocycles. The number of rotatable bonds is 5. The number of hydrogen-bond acceptors (Lipinski definition) is 5. The van der Waals surface area contributed by atoms with E-state index in [2.05, 4.69) is 20.9 Å². The summed E-state index contributed by atoms with van der Waals surface area (Å²) in [6.45, 7) is 0.132. The Bertz CT molecular complexity index is 869. The summed E-state index contributed by atoms with van der Waals surface area (Å²) in [7, 11) is 0. The molecular formula is C17H15N5O3. The Balaban J connectivity index is 1.50. The molecule has 2 amide bonds. The monoisotopic (exact) mass is 337 g/mol. The van der Waals surface area contributed by atoms with E-state index >= 15 is 0 Å². The highest BCUT2D eigenvalue weighted by Crippen LogP contribution is 2.06. The van der Waals surface area contributed by atoms with Gasteiger partial charge in [0.2, 0.25) is 0 Å². The molecule has 8 nitrogen and oxygen atoms in total. The number of furan rings is 1. The van der Waals surface area contributed by atoms with Crippen LogP contribution in [-0.4, -0.2) is 27.8 Å². The summed E-state index contributed by atoms with van der Waals surface area (Å²) in [6.07, 6.45) is 6.24. The molecule has 0 bridgehead atoms. The fourth-order valence-corrected chi connectivity index (χ4v) is 2.00. The van der Waals surface area contributed by atoms with E-state index in [1.807, 2.05) is 30.3 Å². The lowest BCUT2D eigenvalue weighted by molar-refractivity contribution is -0.139. The Labute approximate surface area is 143 Å². The van der Waals surface area contributed by atoms with Gasteiger partial charge in [-0.2, -0.15) is 10.2 Å². The summed E-state index contributed by atoms with van der Waals surface area (Å²) in [6, 6.07) is 13.0. The van der Waals surface area contributed by atoms with Crippen molar-refractivity contribution < 1.29 is 14.0 Å². The second-order valence-corrected chi connectivity index (χ2v) is 5.01. The molecule has 3 rings (SSSR count). The molecule has 0 aliphatic rings. The number of aromatic nitrogens is 2. The van der Waals surface area contributed by atoms with Crippen molar-refractivity contribution in [3.05, 3.63) is 72.4 Å². The van der Waals surface area contributed by atoms with Gasteiger partial charge in [-0.15, -0.1) is 0 Å². The Hall–Kier alpha value is -3.68. The summed E-state index contributed by atoms with van der Waals surface area (Å²) in [5.74, 6) is -1.11. The molecule has 0 unspecified atom stereocenters. The lowest BCUT2D eigenvalue weighted by atomic mass is 10.3. The lowest BCUT2D eigenvalue weighted by Crippen LogP contribution is -2.37. The minimum Gasteiger partial charge on any atom is -0.467 e. The third kappa shape index (κ3) is 4.41. The fourth-order valence-electron chi connectivity index (χ4n) is 2.00. The van der Waals surface area contributed by atoms with Gasteiger partial charge in [0.1, 0.15) is 5.76 Å². The van der Waals surface area contributed by atoms with Crippen LogP contribution in [0.4, 0.5) is 0 Å². The second-order valence-electron chi connectivity index (χ2n) is 5.01. The van der Waals surface area contributed by atoms with Crippen molar-refractivity contribution in [1.29, 1.82) is 0 Å². The van der Waals surface area contributed by atoms with Gasteiger partial charge in [-0.25, -0.2) is 10.1 Å². The van der Waals surface area contributed by atoms with Crippen molar-refractivity contribution in [1.82, 2.24) is 20.5 Å². The molecule has 0 saturated carbocycles. The number of carbonyl (C=O) groups is 2. The largest absolute Gasteiger partial charge is 0.467 e. The number of amides is 2. The molecule has 0 aliphatic heterocycles. The van der Waals surface area contributed by atoms with Crippen LogP contribution < -0.4 is 10.7 Å². The van der Waals surface area contributed by atoms with Crippen LogP contribution in [0.25, 0.3) is 5.69 Å². The van der Waals surface area contributed by atoms with Gasteiger partial charge in [-0.05, 0) is 24.3 Å². The minimum absolute atomic E-state index is 0.132. The second kappa shape index (κ2) is 7.73. The SMILES string of the molecule is O=C(NCc1ccco1)C(=O)N/N=C\c1cnn(-c2ccccc2)c1. The summed E-state index contributed by atoms with van der Waals surface area (Å²) in [4.78, 5) is 23.2. The first-order valence-corrected chi connectivity index (χ1v) is 7.46. The molecule has 0 fully saturated rings. The van der Waals surface area contributed by atoms with E-state index in [9.17, 15) is 9.59 Å². The summed E-state index contributed by atoms with van der Waals surface area (Å²) >= 11 is 0. The van der Waals surface area contributed by atoms with Gasteiger partial charge in [-0.1, -0.05) is 18.2 Å². The van der Waals surface area contributed by atoms with E-state index in [4.69, 9.17) is 4.42 Å². The number of hydrogen-bond donors (Lipinski definition) is 2. The molecule has 0 atom stereocenters. The fraction of sp³-hybridized carbons (Fsp3) is 0.0588. The molecule has 2 heterocycles. The maximum absolute atomic E-state index is 11.6. The van der Waals surface area contributed by atoms with Gasteiger partial charge >= 0.3 is 11.8 Å². The highest BCUT2D eigenvalue weighted by molar-refractivity contribution is 6.35. The van der Waals surface area contributed by atoms with Crippen LogP contribution in [-0.2, 0) is 16.1 Å². The minimum atomic E-state index is -0.863. The van der Waals surface area contributed by atoms with Crippen LogP contribution >= 0.6 is 0 Å². The van der Waals surface area contributed by atoms with Crippen molar-refractivity contribution in [2.24, 2.45) is 5.10 Å². The van der Waals surface area contributed by atoms with E-state index in [0.717, 1.165) is 5.69 Å². The number of nitrogens with one attached hydrogen (secondary N) is 2. The number of para-hydroxylation sites is 1. The number of nitrogens with zero attached hydrogens (tertiary/aromatic N) is 3. The van der Waals surface area contributed by atoms with Crippen LogP contribution in [0.2, 0.25) is 0 Å². The van der Waals surface area contributed by atoms with E-state index in [0.29, 0.717) is 11.3 Å². The highest BCUT2D eigenvalue weighted by Gasteiger charge is 2.12. The van der Waals surface area contributed by atoms with Gasteiger partial charge in [-0.3, -0.25) is 9.59 Å². The molecule has 2 N–H and O–H groups in total. The predicted octanol–water partition coefficient (Wildman–Crippen LogP) is 1.23. The number of carbonyl (C=O) groups excluding carboxylic acids is 2. The van der Waals surface area contributed by atoms with Crippen LogP contribution in [0.1, 0.15) is 11.3 Å². The molecule has 0 radical (unpaired) electrons. The van der Waals surface area contributed by atoms with E-state index in [1.165, 1.54) is 12.5 Å². The smallest absolute Gasteiger partial charge is 0.329 e. The zero-order valence-electron chi connectivity index (χ0n) is 13.1. The van der Waals surface area contributed by atoms with E-state index in [-0.39, 0.29) is 6.54 Å². The molecule has 0 aliphatic carbocycles. The third-order valence-electron chi connectivity index (χ3n) is 3.21. The van der Waals surface area contributed by atoms with Crippen molar-refractivity contribution in [2.75, 3.05) is 0 Å². The normalized spacial score (nSPS) is 10.7. The van der Waals surface area contributed by atoms with Gasteiger partial charge in [0, 0.05) is 11.8 Å². The van der Waals surface area contributed by atoms with Crippen LogP contribution in [0.5, 0.6) is 0 Å². The van der Waals surface area contributed by atoms with Crippen molar-refractivity contribution >= 4 is 18.0 Å². The number of hydrazone groups is 1. The molecule has 3 aromatic rings. The zero-order valence-corrected chi connectivity index (χ0v) is 13.1. The van der Waals surface area contributed by atoms with Gasteiger partial charge < -0.3 is 9.73 Å². The maximum Gasteiger partial charge on any atom is 0.329 e. The van der Waals surface area contributed by atoms with Gasteiger partial charge in [0.05, 0.1) is 30.9 Å². The maximum atomic E-state index is 11.6. The van der Waals surface area contributed by atoms with Crippen molar-refractivity contribution in [3.63, 3.8) is 0 Å². The first-order chi connectivity index (χ1) is 12.2. The van der Waals surface area contributed by atoms with E-state index in [1.54, 1.807) is 29.2 Å². The molecular weight excluding hydrogens is 322 g/mol. The average Bonchev–Trinajstić information content (AvgIpc) is 3.32. The van der Waals surface area contributed by atoms with Gasteiger partial charge in [0.15, 0.2) is 0 Å². The van der Waals surface area contributed by atoms with Crippen LogP contribution in [0, 0.1) is 0 Å². The Morgan fingerprint density at radius 1 is 1.16 bits per heavy atom. The summed E-state index contributed by atoms with van der Waals surface area (Å²) in [5.41, 5.74) is 3.75. The summed E-state index contributed by atoms with van der Waals surface area (Å²) < 4.78 is 6.74. The highest BCUT2D eigenvalue weighted by atomic mass is 16.3. The zero-order chi connectivity index (χ0) is 17.5. The quantitative estimate of drug-likeness (QED) is 0.415. The predicted molar refractivity (Wildman–Crippen MR) is 89.9 cm³/mol. The van der Waals surface area contributed by atoms with Crippen molar-refractivity contribution in [3.8, 4) is 5.69 Å². The first-order valence-electron chi connectivity index (χ1n) is 7.46. The molecule has 1 aromatic carbocycles. The third-order valence-corrected chi connectivity index (χ3v) is 3.21. The average molecular weight is 337 g/mol. The molecule has 8 heteroatoms. The van der Waals surface area contributed by atoms with Crippen molar-refractivity contribution in [2.45, 2.75) is 6.54 Å².